The number of benzene rings is 3. The van der Waals surface area contributed by atoms with Crippen LogP contribution in [0.25, 0.3) is 0 Å². The van der Waals surface area contributed by atoms with E-state index in [0.29, 0.717) is 16.0 Å². The van der Waals surface area contributed by atoms with Crippen molar-refractivity contribution in [1.82, 2.24) is 0 Å². The van der Waals surface area contributed by atoms with Gasteiger partial charge in [0.15, 0.2) is 11.6 Å². The molecule has 0 saturated carbocycles. The predicted molar refractivity (Wildman–Crippen MR) is 92.0 cm³/mol. The predicted octanol–water partition coefficient (Wildman–Crippen LogP) is 5.60. The molecule has 0 saturated heterocycles. The zero-order valence-corrected chi connectivity index (χ0v) is 14.0. The fourth-order valence-electron chi connectivity index (χ4n) is 2.03. The number of esters is 1. The van der Waals surface area contributed by atoms with Gasteiger partial charge in [0.1, 0.15) is 11.5 Å². The van der Waals surface area contributed by atoms with Crippen molar-refractivity contribution in [3.8, 4) is 17.2 Å². The van der Waals surface area contributed by atoms with Gasteiger partial charge in [-0.05, 0) is 48.5 Å². The zero-order valence-electron chi connectivity index (χ0n) is 12.4. The van der Waals surface area contributed by atoms with Crippen molar-refractivity contribution in [2.75, 3.05) is 0 Å². The van der Waals surface area contributed by atoms with Crippen molar-refractivity contribution >= 4 is 21.9 Å². The summed E-state index contributed by atoms with van der Waals surface area (Å²) in [6.07, 6.45) is 0. The number of hydrogen-bond acceptors (Lipinski definition) is 3. The molecule has 0 fully saturated rings. The van der Waals surface area contributed by atoms with E-state index in [2.05, 4.69) is 15.9 Å². The number of rotatable bonds is 4. The van der Waals surface area contributed by atoms with Crippen LogP contribution in [0.2, 0.25) is 0 Å². The van der Waals surface area contributed by atoms with Gasteiger partial charge in [-0.2, -0.15) is 0 Å². The van der Waals surface area contributed by atoms with Crippen LogP contribution in [0, 0.1) is 5.82 Å². The highest BCUT2D eigenvalue weighted by atomic mass is 79.9. The molecule has 3 rings (SSSR count). The first kappa shape index (κ1) is 16.2. The number of para-hydroxylation sites is 1. The van der Waals surface area contributed by atoms with Crippen LogP contribution < -0.4 is 9.47 Å². The molecule has 3 aromatic rings. The molecule has 24 heavy (non-hydrogen) atoms. The molecule has 3 aromatic carbocycles. The van der Waals surface area contributed by atoms with Crippen molar-refractivity contribution in [3.63, 3.8) is 0 Å². The quantitative estimate of drug-likeness (QED) is 0.432. The molecule has 3 nitrogen and oxygen atoms in total. The Bertz CT molecular complexity index is 865. The molecule has 0 radical (unpaired) electrons. The first-order valence-corrected chi connectivity index (χ1v) is 7.91. The largest absolute Gasteiger partial charge is 0.457 e. The minimum atomic E-state index is -0.658. The summed E-state index contributed by atoms with van der Waals surface area (Å²) in [6, 6.07) is 19.9. The molecule has 0 atom stereocenters. The van der Waals surface area contributed by atoms with Gasteiger partial charge < -0.3 is 9.47 Å². The van der Waals surface area contributed by atoms with E-state index in [0.717, 1.165) is 0 Å². The highest BCUT2D eigenvalue weighted by Crippen LogP contribution is 2.25. The van der Waals surface area contributed by atoms with E-state index in [1.165, 1.54) is 12.1 Å². The van der Waals surface area contributed by atoms with Crippen molar-refractivity contribution in [3.05, 3.63) is 88.6 Å². The van der Waals surface area contributed by atoms with Crippen molar-refractivity contribution < 1.29 is 18.7 Å². The van der Waals surface area contributed by atoms with Crippen molar-refractivity contribution in [1.29, 1.82) is 0 Å². The molecule has 0 aliphatic heterocycles. The van der Waals surface area contributed by atoms with Crippen LogP contribution >= 0.6 is 15.9 Å². The Morgan fingerprint density at radius 2 is 1.62 bits per heavy atom. The van der Waals surface area contributed by atoms with E-state index in [1.807, 2.05) is 30.3 Å². The lowest BCUT2D eigenvalue weighted by atomic mass is 10.2. The van der Waals surface area contributed by atoms with Gasteiger partial charge in [-0.15, -0.1) is 0 Å². The van der Waals surface area contributed by atoms with E-state index < -0.39 is 11.8 Å². The van der Waals surface area contributed by atoms with Gasteiger partial charge in [-0.25, -0.2) is 9.18 Å². The van der Waals surface area contributed by atoms with Crippen LogP contribution in [0.15, 0.2) is 77.3 Å². The Morgan fingerprint density at radius 3 is 2.38 bits per heavy atom. The summed E-state index contributed by atoms with van der Waals surface area (Å²) < 4.78 is 25.1. The molecule has 120 valence electrons. The Labute approximate surface area is 146 Å². The van der Waals surface area contributed by atoms with Gasteiger partial charge >= 0.3 is 5.97 Å². The monoisotopic (exact) mass is 386 g/mol. The minimum Gasteiger partial charge on any atom is -0.457 e. The smallest absolute Gasteiger partial charge is 0.343 e. The Morgan fingerprint density at radius 1 is 0.875 bits per heavy atom. The first-order valence-electron chi connectivity index (χ1n) is 7.12. The second kappa shape index (κ2) is 7.27. The number of halogens is 2. The van der Waals surface area contributed by atoms with E-state index in [-0.39, 0.29) is 11.3 Å². The number of ether oxygens (including phenoxy) is 2. The minimum absolute atomic E-state index is 0.127. The van der Waals surface area contributed by atoms with Crippen LogP contribution in [0.5, 0.6) is 17.2 Å². The molecule has 0 heterocycles. The SMILES string of the molecule is O=C(Oc1ccc(Br)cc1F)c1cccc(Oc2ccccc2)c1. The van der Waals surface area contributed by atoms with Crippen LogP contribution in [0.1, 0.15) is 10.4 Å². The highest BCUT2D eigenvalue weighted by Gasteiger charge is 2.13. The zero-order chi connectivity index (χ0) is 16.9. The molecule has 0 aliphatic carbocycles. The Kier molecular flexibility index (Phi) is 4.91. The molecule has 0 bridgehead atoms. The lowest BCUT2D eigenvalue weighted by Crippen LogP contribution is -2.09. The van der Waals surface area contributed by atoms with Gasteiger partial charge in [0.25, 0.3) is 0 Å². The van der Waals surface area contributed by atoms with Crippen molar-refractivity contribution in [2.24, 2.45) is 0 Å². The molecule has 0 aliphatic rings. The second-order valence-corrected chi connectivity index (χ2v) is 5.82. The van der Waals surface area contributed by atoms with Gasteiger partial charge in [0.2, 0.25) is 0 Å². The normalized spacial score (nSPS) is 10.2. The fourth-order valence-corrected chi connectivity index (χ4v) is 2.36. The maximum atomic E-state index is 13.8. The molecular weight excluding hydrogens is 375 g/mol. The van der Waals surface area contributed by atoms with E-state index in [1.54, 1.807) is 30.3 Å². The fraction of sp³-hybridized carbons (Fsp3) is 0. The van der Waals surface area contributed by atoms with Crippen LogP contribution in [-0.2, 0) is 0 Å². The van der Waals surface area contributed by atoms with E-state index in [9.17, 15) is 9.18 Å². The third-order valence-electron chi connectivity index (χ3n) is 3.15. The van der Waals surface area contributed by atoms with Gasteiger partial charge in [0, 0.05) is 4.47 Å². The molecule has 0 amide bonds. The molecule has 0 spiro atoms. The Hall–Kier alpha value is -2.66. The lowest BCUT2D eigenvalue weighted by Gasteiger charge is -2.08. The van der Waals surface area contributed by atoms with Gasteiger partial charge in [-0.1, -0.05) is 40.2 Å². The first-order chi connectivity index (χ1) is 11.6. The van der Waals surface area contributed by atoms with Crippen molar-refractivity contribution in [2.45, 2.75) is 0 Å². The molecule has 0 unspecified atom stereocenters. The summed E-state index contributed by atoms with van der Waals surface area (Å²) in [5, 5.41) is 0. The average Bonchev–Trinajstić information content (AvgIpc) is 2.58. The second-order valence-electron chi connectivity index (χ2n) is 4.91. The van der Waals surface area contributed by atoms with Gasteiger partial charge in [-0.3, -0.25) is 0 Å². The standard InChI is InChI=1S/C19H12BrFO3/c20-14-9-10-18(17(21)12-14)24-19(22)13-5-4-8-16(11-13)23-15-6-2-1-3-7-15/h1-12H. The van der Waals surface area contributed by atoms with Crippen LogP contribution in [-0.4, -0.2) is 5.97 Å². The van der Waals surface area contributed by atoms with Crippen LogP contribution in [0.4, 0.5) is 4.39 Å². The van der Waals surface area contributed by atoms with E-state index >= 15 is 0 Å². The molecule has 5 heteroatoms. The molecule has 0 aromatic heterocycles. The molecule has 0 N–H and O–H groups in total. The topological polar surface area (TPSA) is 35.5 Å². The summed E-state index contributed by atoms with van der Waals surface area (Å²) in [7, 11) is 0. The number of hydrogen-bond donors (Lipinski definition) is 0. The summed E-state index contributed by atoms with van der Waals surface area (Å²) >= 11 is 3.15. The molecular formula is C19H12BrFO3. The van der Waals surface area contributed by atoms with Crippen LogP contribution in [0.3, 0.4) is 0 Å². The average molecular weight is 387 g/mol. The van der Waals surface area contributed by atoms with Gasteiger partial charge in [0.05, 0.1) is 5.56 Å². The highest BCUT2D eigenvalue weighted by molar-refractivity contribution is 9.10. The summed E-state index contributed by atoms with van der Waals surface area (Å²) in [5.74, 6) is -0.254. The summed E-state index contributed by atoms with van der Waals surface area (Å²) in [4.78, 5) is 12.2. The Balaban J connectivity index is 1.77. The van der Waals surface area contributed by atoms with E-state index in [4.69, 9.17) is 9.47 Å². The summed E-state index contributed by atoms with van der Waals surface area (Å²) in [5.41, 5.74) is 0.269. The summed E-state index contributed by atoms with van der Waals surface area (Å²) in [6.45, 7) is 0. The number of carbonyl (C=O) groups is 1. The lowest BCUT2D eigenvalue weighted by molar-refractivity contribution is 0.0727. The maximum absolute atomic E-state index is 13.8. The third-order valence-corrected chi connectivity index (χ3v) is 3.64. The number of carbonyl (C=O) groups excluding carboxylic acids is 1. The maximum Gasteiger partial charge on any atom is 0.343 e. The third kappa shape index (κ3) is 4.00.